The predicted molar refractivity (Wildman–Crippen MR) is 84.5 cm³/mol. The topological polar surface area (TPSA) is 72.9 Å². The molecular weight excluding hydrogens is 330 g/mol. The molecule has 0 radical (unpaired) electrons. The van der Waals surface area contributed by atoms with Gasteiger partial charge in [0, 0.05) is 17.2 Å². The van der Waals surface area contributed by atoms with Crippen LogP contribution < -0.4 is 14.4 Å². The lowest BCUT2D eigenvalue weighted by Gasteiger charge is -2.27. The quantitative estimate of drug-likeness (QED) is 0.758. The molecule has 1 atom stereocenters. The predicted octanol–water partition coefficient (Wildman–Crippen LogP) is 1.59. The Kier molecular flexibility index (Phi) is 4.97. The summed E-state index contributed by atoms with van der Waals surface area (Å²) < 4.78 is 33.6. The third kappa shape index (κ3) is 3.36. The van der Waals surface area contributed by atoms with Crippen molar-refractivity contribution in [1.82, 2.24) is 0 Å². The molecule has 0 aliphatic carbocycles. The Morgan fingerprint density at radius 2 is 2.00 bits per heavy atom. The molecule has 0 fully saturated rings. The molecule has 1 heterocycles. The highest BCUT2D eigenvalue weighted by Gasteiger charge is 2.31. The van der Waals surface area contributed by atoms with Crippen LogP contribution in [0.3, 0.4) is 0 Å². The van der Waals surface area contributed by atoms with Gasteiger partial charge in [0.2, 0.25) is 5.91 Å². The van der Waals surface area contributed by atoms with E-state index in [1.54, 1.807) is 18.2 Å². The summed E-state index contributed by atoms with van der Waals surface area (Å²) in [6, 6.07) is 4.33. The number of methoxy groups -OCH3 is 2. The van der Waals surface area contributed by atoms with Gasteiger partial charge in [-0.15, -0.1) is 11.6 Å². The van der Waals surface area contributed by atoms with E-state index in [2.05, 4.69) is 0 Å². The highest BCUT2D eigenvalue weighted by Crippen LogP contribution is 2.33. The Bertz CT molecular complexity index is 701. The van der Waals surface area contributed by atoms with E-state index in [9.17, 15) is 13.2 Å². The van der Waals surface area contributed by atoms with Crippen LogP contribution in [0.25, 0.3) is 0 Å². The molecule has 0 spiro atoms. The average molecular weight is 346 g/mol. The van der Waals surface area contributed by atoms with Crippen molar-refractivity contribution in [1.29, 1.82) is 0 Å². The Balaban J connectivity index is 2.43. The first-order chi connectivity index (χ1) is 10.4. The summed E-state index contributed by atoms with van der Waals surface area (Å²) in [5, 5.41) is 1.12. The molecule has 0 bridgehead atoms. The second-order valence-corrected chi connectivity index (χ2v) is 6.86. The van der Waals surface area contributed by atoms with Crippen molar-refractivity contribution in [3.8, 4) is 11.5 Å². The summed E-state index contributed by atoms with van der Waals surface area (Å²) in [6.07, 6.45) is 1.48. The van der Waals surface area contributed by atoms with E-state index in [0.717, 1.165) is 5.41 Å². The van der Waals surface area contributed by atoms with Gasteiger partial charge in [-0.3, -0.25) is 4.79 Å². The van der Waals surface area contributed by atoms with Crippen LogP contribution in [-0.2, 0) is 14.6 Å². The van der Waals surface area contributed by atoms with Crippen LogP contribution in [0.5, 0.6) is 11.5 Å². The lowest BCUT2D eigenvalue weighted by molar-refractivity contribution is -0.116. The van der Waals surface area contributed by atoms with Crippen LogP contribution >= 0.6 is 11.6 Å². The lowest BCUT2D eigenvalue weighted by atomic mass is 10.2. The van der Waals surface area contributed by atoms with Crippen molar-refractivity contribution in [3.05, 3.63) is 29.7 Å². The number of ether oxygens (including phenoxy) is 2. The largest absolute Gasteiger partial charge is 0.493 e. The molecule has 0 saturated carbocycles. The summed E-state index contributed by atoms with van der Waals surface area (Å²) in [6.45, 7) is 0. The summed E-state index contributed by atoms with van der Waals surface area (Å²) in [7, 11) is -0.305. The molecule has 0 N–H and O–H groups in total. The summed E-state index contributed by atoms with van der Waals surface area (Å²) >= 11 is 5.66. The molecule has 0 aromatic heterocycles. The highest BCUT2D eigenvalue weighted by atomic mass is 35.5. The van der Waals surface area contributed by atoms with E-state index in [4.69, 9.17) is 21.1 Å². The molecule has 0 saturated heterocycles. The Morgan fingerprint density at radius 1 is 1.32 bits per heavy atom. The molecule has 6 nitrogen and oxygen atoms in total. The molecule has 0 unspecified atom stereocenters. The normalized spacial score (nSPS) is 19.0. The zero-order chi connectivity index (χ0) is 16.3. The van der Waals surface area contributed by atoms with Crippen molar-refractivity contribution in [3.63, 3.8) is 0 Å². The number of amides is 1. The van der Waals surface area contributed by atoms with Gasteiger partial charge in [0.05, 0.1) is 26.0 Å². The van der Waals surface area contributed by atoms with Crippen molar-refractivity contribution >= 4 is 33.0 Å². The standard InChI is InChI=1S/C14H16ClNO5S/c1-20-12-4-3-10(7-13(12)21-2)16(14(17)8-15)11-5-6-22(18,19)9-11/h3-7,11H,8-9H2,1-2H3/t11-/m0/s1. The molecule has 1 aliphatic heterocycles. The van der Waals surface area contributed by atoms with Gasteiger partial charge >= 0.3 is 0 Å². The summed E-state index contributed by atoms with van der Waals surface area (Å²) in [5.74, 6) is 0.153. The molecule has 2 rings (SSSR count). The maximum Gasteiger partial charge on any atom is 0.242 e. The number of sulfone groups is 1. The Morgan fingerprint density at radius 3 is 2.50 bits per heavy atom. The lowest BCUT2D eigenvalue weighted by Crippen LogP contribution is -2.42. The van der Waals surface area contributed by atoms with E-state index < -0.39 is 15.9 Å². The molecular formula is C14H16ClNO5S. The van der Waals surface area contributed by atoms with E-state index in [-0.39, 0.29) is 17.5 Å². The zero-order valence-electron chi connectivity index (χ0n) is 12.2. The van der Waals surface area contributed by atoms with Gasteiger partial charge in [-0.1, -0.05) is 0 Å². The first-order valence-electron chi connectivity index (χ1n) is 6.43. The number of benzene rings is 1. The molecule has 1 aromatic carbocycles. The SMILES string of the molecule is COc1ccc(N(C(=O)CCl)[C@H]2C=CS(=O)(=O)C2)cc1OC. The Hall–Kier alpha value is -1.73. The minimum Gasteiger partial charge on any atom is -0.493 e. The van der Waals surface area contributed by atoms with Crippen molar-refractivity contribution in [2.45, 2.75) is 6.04 Å². The fourth-order valence-electron chi connectivity index (χ4n) is 2.28. The number of nitrogens with zero attached hydrogens (tertiary/aromatic N) is 1. The fraction of sp³-hybridized carbons (Fsp3) is 0.357. The number of hydrogen-bond donors (Lipinski definition) is 0. The van der Waals surface area contributed by atoms with Crippen molar-refractivity contribution < 1.29 is 22.7 Å². The second kappa shape index (κ2) is 6.58. The zero-order valence-corrected chi connectivity index (χ0v) is 13.7. The molecule has 22 heavy (non-hydrogen) atoms. The van der Waals surface area contributed by atoms with E-state index >= 15 is 0 Å². The highest BCUT2D eigenvalue weighted by molar-refractivity contribution is 7.94. The number of alkyl halides is 1. The number of halogens is 1. The summed E-state index contributed by atoms with van der Waals surface area (Å²) in [4.78, 5) is 13.5. The number of carbonyl (C=O) groups excluding carboxylic acids is 1. The fourth-order valence-corrected chi connectivity index (χ4v) is 3.68. The maximum atomic E-state index is 12.2. The van der Waals surface area contributed by atoms with Crippen LogP contribution in [0.15, 0.2) is 29.7 Å². The van der Waals surface area contributed by atoms with Gasteiger partial charge in [-0.25, -0.2) is 8.42 Å². The van der Waals surface area contributed by atoms with Gasteiger partial charge in [0.15, 0.2) is 21.3 Å². The smallest absolute Gasteiger partial charge is 0.242 e. The van der Waals surface area contributed by atoms with Crippen LogP contribution in [0.4, 0.5) is 5.69 Å². The minimum atomic E-state index is -3.29. The van der Waals surface area contributed by atoms with Gasteiger partial charge in [0.25, 0.3) is 0 Å². The van der Waals surface area contributed by atoms with E-state index in [0.29, 0.717) is 17.2 Å². The molecule has 8 heteroatoms. The van der Waals surface area contributed by atoms with Gasteiger partial charge in [-0.2, -0.15) is 0 Å². The third-order valence-electron chi connectivity index (χ3n) is 3.27. The minimum absolute atomic E-state index is 0.163. The molecule has 1 amide bonds. The van der Waals surface area contributed by atoms with Crippen LogP contribution in [-0.4, -0.2) is 46.2 Å². The number of anilines is 1. The first-order valence-corrected chi connectivity index (χ1v) is 8.68. The van der Waals surface area contributed by atoms with Crippen molar-refractivity contribution in [2.75, 3.05) is 30.8 Å². The summed E-state index contributed by atoms with van der Waals surface area (Å²) in [5.41, 5.74) is 0.495. The molecule has 1 aromatic rings. The van der Waals surface area contributed by atoms with Gasteiger partial charge in [0.1, 0.15) is 5.88 Å². The number of hydrogen-bond acceptors (Lipinski definition) is 5. The van der Waals surface area contributed by atoms with Crippen molar-refractivity contribution in [2.24, 2.45) is 0 Å². The van der Waals surface area contributed by atoms with Gasteiger partial charge < -0.3 is 14.4 Å². The Labute approximate surface area is 134 Å². The number of carbonyl (C=O) groups is 1. The molecule has 120 valence electrons. The second-order valence-electron chi connectivity index (χ2n) is 4.66. The molecule has 1 aliphatic rings. The van der Waals surface area contributed by atoms with Gasteiger partial charge in [-0.05, 0) is 18.2 Å². The van der Waals surface area contributed by atoms with Crippen LogP contribution in [0, 0.1) is 0 Å². The van der Waals surface area contributed by atoms with Crippen LogP contribution in [0.2, 0.25) is 0 Å². The third-order valence-corrected chi connectivity index (χ3v) is 4.88. The monoisotopic (exact) mass is 345 g/mol. The first kappa shape index (κ1) is 16.6. The number of rotatable bonds is 5. The maximum absolute atomic E-state index is 12.2. The van der Waals surface area contributed by atoms with Crippen LogP contribution in [0.1, 0.15) is 0 Å². The van der Waals surface area contributed by atoms with E-state index in [1.807, 2.05) is 0 Å². The average Bonchev–Trinajstić information content (AvgIpc) is 2.86. The van der Waals surface area contributed by atoms with E-state index in [1.165, 1.54) is 25.2 Å².